The van der Waals surface area contributed by atoms with Crippen molar-refractivity contribution in [3.63, 3.8) is 0 Å². The van der Waals surface area contributed by atoms with E-state index in [4.69, 9.17) is 27.6 Å². The summed E-state index contributed by atoms with van der Waals surface area (Å²) >= 11 is 0.733. The first-order valence-electron chi connectivity index (χ1n) is 10.1. The number of fused-ring (bicyclic) bond motifs is 1. The fourth-order valence-electron chi connectivity index (χ4n) is 3.51. The summed E-state index contributed by atoms with van der Waals surface area (Å²) in [7, 11) is -4.18. The number of hydrogen-bond donors (Lipinski definition) is 8. The molecule has 0 saturated carbocycles. The van der Waals surface area contributed by atoms with Crippen LogP contribution in [-0.2, 0) is 16.6 Å². The van der Waals surface area contributed by atoms with Crippen molar-refractivity contribution >= 4 is 38.8 Å². The molecule has 0 unspecified atom stereocenters. The Morgan fingerprint density at radius 3 is 2.48 bits per heavy atom. The highest BCUT2D eigenvalue weighted by Gasteiger charge is 2.25. The number of amidine groups is 1. The molecule has 0 aliphatic carbocycles. The number of hydrazine groups is 1. The number of nitrogens with zero attached hydrogens (tertiary/aromatic N) is 2. The number of sulfonamides is 1. The minimum atomic E-state index is -4.18. The van der Waals surface area contributed by atoms with Gasteiger partial charge in [0.25, 0.3) is 0 Å². The molecule has 0 radical (unpaired) electrons. The lowest BCUT2D eigenvalue weighted by molar-refractivity contribution is 0.595. The molecule has 4 rings (SSSR count). The van der Waals surface area contributed by atoms with Crippen molar-refractivity contribution < 1.29 is 8.42 Å². The first-order valence-corrected chi connectivity index (χ1v) is 12.5. The quantitative estimate of drug-likeness (QED) is 0.0739. The van der Waals surface area contributed by atoms with Crippen molar-refractivity contribution in [3.05, 3.63) is 41.7 Å². The molecule has 14 heteroatoms. The maximum absolute atomic E-state index is 12.3. The summed E-state index contributed by atoms with van der Waals surface area (Å²) in [5.74, 6) is 5.69. The maximum Gasteiger partial charge on any atom is 0.239 e. The Morgan fingerprint density at radius 2 is 1.94 bits per heavy atom. The van der Waals surface area contributed by atoms with E-state index in [1.807, 2.05) is 0 Å². The Kier molecular flexibility index (Phi) is 8.25. The summed E-state index contributed by atoms with van der Waals surface area (Å²) in [6.07, 6.45) is 2.78. The molecule has 1 fully saturated rings. The third-order valence-electron chi connectivity index (χ3n) is 4.97. The van der Waals surface area contributed by atoms with E-state index in [2.05, 4.69) is 25.9 Å². The van der Waals surface area contributed by atoms with Gasteiger partial charge in [-0.2, -0.15) is 0 Å². The third-order valence-corrected chi connectivity index (χ3v) is 6.68. The number of aromatic amines is 1. The fraction of sp³-hybridized carbons (Fsp3) is 0.263. The Morgan fingerprint density at radius 1 is 1.21 bits per heavy atom. The van der Waals surface area contributed by atoms with Gasteiger partial charge in [-0.1, -0.05) is 12.1 Å². The molecule has 2 aromatic carbocycles. The molecule has 2 heterocycles. The molecule has 13 N–H and O–H groups in total. The molecule has 1 aliphatic rings. The van der Waals surface area contributed by atoms with E-state index in [-0.39, 0.29) is 27.7 Å². The lowest BCUT2D eigenvalue weighted by atomic mass is 9.98. The molecule has 12 nitrogen and oxygen atoms in total. The molecular formula is C19H28N10O2S2. The van der Waals surface area contributed by atoms with E-state index in [1.54, 1.807) is 30.3 Å². The lowest BCUT2D eigenvalue weighted by Gasteiger charge is -2.16. The van der Waals surface area contributed by atoms with Crippen molar-refractivity contribution in [1.29, 1.82) is 0 Å². The smallest absolute Gasteiger partial charge is 0.239 e. The number of benzene rings is 2. The largest absolute Gasteiger partial charge is 0.382 e. The van der Waals surface area contributed by atoms with Crippen LogP contribution in [0, 0.1) is 0 Å². The summed E-state index contributed by atoms with van der Waals surface area (Å²) in [5.41, 5.74) is 16.4. The molecule has 178 valence electrons. The fourth-order valence-corrected chi connectivity index (χ4v) is 5.21. The van der Waals surface area contributed by atoms with Gasteiger partial charge in [0.15, 0.2) is 5.84 Å². The third kappa shape index (κ3) is 5.80. The van der Waals surface area contributed by atoms with Gasteiger partial charge in [-0.25, -0.2) is 29.9 Å². The number of rotatable bonds is 6. The number of primary sulfonamides is 1. The second-order valence-corrected chi connectivity index (χ2v) is 9.35. The number of hydrogen-bond acceptors (Lipinski definition) is 10. The molecular weight excluding hydrogens is 464 g/mol. The average molecular weight is 493 g/mol. The van der Waals surface area contributed by atoms with Crippen molar-refractivity contribution in [2.24, 2.45) is 32.7 Å². The predicted octanol–water partition coefficient (Wildman–Crippen LogP) is -0.245. The Bertz CT molecular complexity index is 1250. The summed E-state index contributed by atoms with van der Waals surface area (Å²) < 4.78 is 24.6. The lowest BCUT2D eigenvalue weighted by Crippen LogP contribution is -2.27. The molecule has 0 spiro atoms. The number of H-pyrrole nitrogens is 1. The van der Waals surface area contributed by atoms with Crippen molar-refractivity contribution in [1.82, 2.24) is 20.8 Å². The zero-order valence-electron chi connectivity index (χ0n) is 17.8. The minimum Gasteiger partial charge on any atom is -0.382 e. The molecule has 0 amide bonds. The van der Waals surface area contributed by atoms with Gasteiger partial charge in [0.1, 0.15) is 10.7 Å². The van der Waals surface area contributed by atoms with Crippen LogP contribution in [0.25, 0.3) is 22.2 Å². The van der Waals surface area contributed by atoms with Crippen LogP contribution in [0.5, 0.6) is 0 Å². The second-order valence-electron chi connectivity index (χ2n) is 7.18. The first-order chi connectivity index (χ1) is 15.8. The normalized spacial score (nSPS) is 14.2. The van der Waals surface area contributed by atoms with Crippen LogP contribution in [-0.4, -0.2) is 37.3 Å². The number of nitrogens with one attached hydrogen (secondary N) is 3. The van der Waals surface area contributed by atoms with Crippen LogP contribution < -0.4 is 38.4 Å². The van der Waals surface area contributed by atoms with Crippen molar-refractivity contribution in [3.8, 4) is 11.1 Å². The SMILES string of the molecule is C1CCNC1.NCc1nc2ccc(-c3ccc(SN)c(S(N)(=O)=O)c3/C(N)=N/NN)cc2[nH]1. The van der Waals surface area contributed by atoms with Crippen molar-refractivity contribution in [2.75, 3.05) is 13.1 Å². The topological polar surface area (TPSA) is 229 Å². The number of hydrazone groups is 1. The Labute approximate surface area is 195 Å². The average Bonchev–Trinajstić information content (AvgIpc) is 3.50. The molecule has 0 bridgehead atoms. The molecule has 0 atom stereocenters. The van der Waals surface area contributed by atoms with Crippen molar-refractivity contribution in [2.45, 2.75) is 29.2 Å². The zero-order valence-corrected chi connectivity index (χ0v) is 19.5. The van der Waals surface area contributed by atoms with Gasteiger partial charge in [0, 0.05) is 10.5 Å². The minimum absolute atomic E-state index is 0.0915. The first kappa shape index (κ1) is 24.9. The van der Waals surface area contributed by atoms with Crippen LogP contribution >= 0.6 is 11.9 Å². The highest BCUT2D eigenvalue weighted by Crippen LogP contribution is 2.35. The van der Waals surface area contributed by atoms with E-state index in [9.17, 15) is 8.42 Å². The molecule has 1 aliphatic heterocycles. The van der Waals surface area contributed by atoms with Crippen LogP contribution in [0.2, 0.25) is 0 Å². The predicted molar refractivity (Wildman–Crippen MR) is 131 cm³/mol. The number of aromatic nitrogens is 2. The van der Waals surface area contributed by atoms with Crippen LogP contribution in [0.1, 0.15) is 24.2 Å². The van der Waals surface area contributed by atoms with E-state index < -0.39 is 10.0 Å². The molecule has 33 heavy (non-hydrogen) atoms. The Balaban J connectivity index is 0.000000541. The number of imidazole rings is 1. The van der Waals surface area contributed by atoms with Crippen LogP contribution in [0.3, 0.4) is 0 Å². The van der Waals surface area contributed by atoms with Crippen LogP contribution in [0.15, 0.2) is 45.2 Å². The molecule has 3 aromatic rings. The van der Waals surface area contributed by atoms with E-state index in [1.165, 1.54) is 25.9 Å². The van der Waals surface area contributed by atoms with Crippen LogP contribution in [0.4, 0.5) is 0 Å². The van der Waals surface area contributed by atoms with Gasteiger partial charge >= 0.3 is 0 Å². The standard InChI is InChI=1S/C15H19N9O2S2.C4H9N/c16-6-12-21-9-3-1-7(5-10(9)22-12)8-2-4-11(27-19)14(28(20,25)26)13(8)15(17)23-24-18;1-2-4-5-3-1/h1-5,24H,6,16,18-19H2,(H2,17,23)(H,21,22)(H2,20,25,26);5H,1-4H2. The summed E-state index contributed by atoms with van der Waals surface area (Å²) in [6.45, 7) is 2.76. The van der Waals surface area contributed by atoms with Gasteiger partial charge in [-0.05, 0) is 67.2 Å². The molecule has 1 saturated heterocycles. The van der Waals surface area contributed by atoms with Gasteiger partial charge in [0.2, 0.25) is 10.0 Å². The summed E-state index contributed by atoms with van der Waals surface area (Å²) in [6, 6.07) is 8.58. The van der Waals surface area contributed by atoms with Gasteiger partial charge in [0.05, 0.1) is 17.6 Å². The monoisotopic (exact) mass is 492 g/mol. The van der Waals surface area contributed by atoms with Gasteiger partial charge < -0.3 is 21.8 Å². The summed E-state index contributed by atoms with van der Waals surface area (Å²) in [4.78, 5) is 7.44. The van der Waals surface area contributed by atoms with E-state index in [0.29, 0.717) is 17.0 Å². The second kappa shape index (κ2) is 10.9. The van der Waals surface area contributed by atoms with E-state index >= 15 is 0 Å². The van der Waals surface area contributed by atoms with Gasteiger partial charge in [-0.15, -0.1) is 5.10 Å². The Hall–Kier alpha value is -2.72. The number of nitrogens with two attached hydrogens (primary N) is 5. The van der Waals surface area contributed by atoms with Gasteiger partial charge in [-0.3, -0.25) is 5.14 Å². The highest BCUT2D eigenvalue weighted by atomic mass is 32.2. The van der Waals surface area contributed by atoms with E-state index in [0.717, 1.165) is 23.0 Å². The maximum atomic E-state index is 12.3. The zero-order chi connectivity index (χ0) is 24.0. The summed E-state index contributed by atoms with van der Waals surface area (Å²) in [5, 5.41) is 18.0. The molecule has 1 aromatic heterocycles. The highest BCUT2D eigenvalue weighted by molar-refractivity contribution is 7.98.